The fraction of sp³-hybridized carbons (Fsp3) is 0.111. The molecule has 0 fully saturated rings. The molecule has 0 aliphatic heterocycles. The molecule has 3 nitrogen and oxygen atoms in total. The summed E-state index contributed by atoms with van der Waals surface area (Å²) in [6.45, 7) is 0. The Morgan fingerprint density at radius 1 is 1.62 bits per heavy atom. The molecule has 0 aliphatic rings. The molecule has 2 radical (unpaired) electrons. The summed E-state index contributed by atoms with van der Waals surface area (Å²) in [7, 11) is 6.49. The topological polar surface area (TPSA) is 38.3 Å². The minimum Gasteiger partial charge on any atom is -0.465 e. The molecule has 0 atom stereocenters. The molecule has 0 amide bonds. The van der Waals surface area contributed by atoms with E-state index < -0.39 is 5.97 Å². The zero-order chi connectivity index (χ0) is 9.84. The lowest BCUT2D eigenvalue weighted by Crippen LogP contribution is -2.01. The van der Waals surface area contributed by atoms with Crippen molar-refractivity contribution in [3.63, 3.8) is 0 Å². The van der Waals surface area contributed by atoms with Gasteiger partial charge in [-0.3, -0.25) is 0 Å². The molecule has 1 aromatic carbocycles. The molecule has 0 unspecified atom stereocenters. The van der Waals surface area contributed by atoms with Crippen LogP contribution in [0.5, 0.6) is 0 Å². The van der Waals surface area contributed by atoms with Gasteiger partial charge in [0.1, 0.15) is 0 Å². The number of esters is 1. The van der Waals surface area contributed by atoms with Gasteiger partial charge in [0.25, 0.3) is 0 Å². The fourth-order valence-corrected chi connectivity index (χ4v) is 1.05. The molecular formula is C9H8ClNO2. The van der Waals surface area contributed by atoms with Gasteiger partial charge in [0.05, 0.1) is 30.4 Å². The van der Waals surface area contributed by atoms with E-state index >= 15 is 0 Å². The molecule has 68 valence electrons. The molecule has 1 rings (SSSR count). The van der Waals surface area contributed by atoms with Gasteiger partial charge in [-0.05, 0) is 18.2 Å². The molecule has 0 heterocycles. The average molecular weight is 198 g/mol. The smallest absolute Gasteiger partial charge is 0.337 e. The van der Waals surface area contributed by atoms with Crippen molar-refractivity contribution in [3.8, 4) is 0 Å². The summed E-state index contributed by atoms with van der Waals surface area (Å²) in [6.07, 6.45) is 0. The first-order valence-corrected chi connectivity index (χ1v) is 3.91. The molecule has 0 aliphatic carbocycles. The molecule has 0 aromatic heterocycles. The fourth-order valence-electron chi connectivity index (χ4n) is 0.881. The van der Waals surface area contributed by atoms with Crippen LogP contribution in [0.25, 0.3) is 0 Å². The molecule has 1 aromatic rings. The Balaban J connectivity index is 3.06. The molecule has 0 saturated heterocycles. The van der Waals surface area contributed by atoms with Crippen LogP contribution in [0.15, 0.2) is 18.2 Å². The lowest BCUT2D eigenvalue weighted by molar-refractivity contribution is 0.0601. The maximum absolute atomic E-state index is 11.1. The molecule has 1 N–H and O–H groups in total. The Bertz CT molecular complexity index is 325. The van der Waals surface area contributed by atoms with Gasteiger partial charge < -0.3 is 10.1 Å². The van der Waals surface area contributed by atoms with E-state index in [9.17, 15) is 4.79 Å². The largest absolute Gasteiger partial charge is 0.465 e. The Kier molecular flexibility index (Phi) is 3.14. The highest BCUT2D eigenvalue weighted by Crippen LogP contribution is 2.22. The van der Waals surface area contributed by atoms with E-state index in [0.29, 0.717) is 16.3 Å². The number of rotatable bonds is 2. The number of halogens is 1. The molecule has 0 bridgehead atoms. The van der Waals surface area contributed by atoms with Crippen LogP contribution >= 0.6 is 11.6 Å². The van der Waals surface area contributed by atoms with Gasteiger partial charge in [0.2, 0.25) is 0 Å². The lowest BCUT2D eigenvalue weighted by Gasteiger charge is -2.04. The summed E-state index contributed by atoms with van der Waals surface area (Å²) in [6, 6.07) is 4.66. The number of carbonyl (C=O) groups excluding carboxylic acids is 1. The van der Waals surface area contributed by atoms with E-state index in [1.54, 1.807) is 12.1 Å². The van der Waals surface area contributed by atoms with E-state index in [1.165, 1.54) is 13.2 Å². The van der Waals surface area contributed by atoms with Crippen molar-refractivity contribution in [1.29, 1.82) is 0 Å². The molecular weight excluding hydrogens is 190 g/mol. The SMILES string of the molecule is [CH]Nc1cc(C(=O)OC)ccc1Cl. The van der Waals surface area contributed by atoms with E-state index in [2.05, 4.69) is 10.1 Å². The predicted octanol–water partition coefficient (Wildman–Crippen LogP) is 2.21. The second kappa shape index (κ2) is 4.14. The summed E-state index contributed by atoms with van der Waals surface area (Å²) in [5, 5.41) is 2.83. The van der Waals surface area contributed by atoms with E-state index in [4.69, 9.17) is 18.6 Å². The molecule has 13 heavy (non-hydrogen) atoms. The summed E-state index contributed by atoms with van der Waals surface area (Å²) < 4.78 is 4.53. The van der Waals surface area contributed by atoms with Crippen LogP contribution in [0.3, 0.4) is 0 Å². The third kappa shape index (κ3) is 2.12. The average Bonchev–Trinajstić information content (AvgIpc) is 2.17. The van der Waals surface area contributed by atoms with Crippen molar-refractivity contribution in [3.05, 3.63) is 35.8 Å². The van der Waals surface area contributed by atoms with E-state index in [-0.39, 0.29) is 0 Å². The zero-order valence-electron chi connectivity index (χ0n) is 7.00. The van der Waals surface area contributed by atoms with Crippen molar-refractivity contribution in [2.75, 3.05) is 12.4 Å². The van der Waals surface area contributed by atoms with Crippen LogP contribution in [-0.2, 0) is 4.74 Å². The highest BCUT2D eigenvalue weighted by molar-refractivity contribution is 6.33. The number of carbonyl (C=O) groups is 1. The van der Waals surface area contributed by atoms with Gasteiger partial charge in [-0.15, -0.1) is 0 Å². The number of nitrogens with one attached hydrogen (secondary N) is 1. The summed E-state index contributed by atoms with van der Waals surface area (Å²) >= 11 is 5.75. The number of hydrogen-bond donors (Lipinski definition) is 1. The van der Waals surface area contributed by atoms with Gasteiger partial charge in [-0.25, -0.2) is 4.79 Å². The number of ether oxygens (including phenoxy) is 1. The maximum atomic E-state index is 11.1. The van der Waals surface area contributed by atoms with E-state index in [1.807, 2.05) is 0 Å². The number of hydrogen-bond acceptors (Lipinski definition) is 3. The van der Waals surface area contributed by atoms with E-state index in [0.717, 1.165) is 0 Å². The number of anilines is 1. The predicted molar refractivity (Wildman–Crippen MR) is 50.7 cm³/mol. The van der Waals surface area contributed by atoms with Crippen LogP contribution in [0.4, 0.5) is 5.69 Å². The normalized spacial score (nSPS) is 9.46. The van der Waals surface area contributed by atoms with Gasteiger partial charge in [-0.1, -0.05) is 11.6 Å². The van der Waals surface area contributed by atoms with Crippen molar-refractivity contribution in [1.82, 2.24) is 0 Å². The second-order valence-corrected chi connectivity index (χ2v) is 2.74. The van der Waals surface area contributed by atoms with Crippen LogP contribution in [0.2, 0.25) is 5.02 Å². The van der Waals surface area contributed by atoms with Gasteiger partial charge >= 0.3 is 5.97 Å². The summed E-state index contributed by atoms with van der Waals surface area (Å²) in [5.41, 5.74) is 0.893. The first-order chi connectivity index (χ1) is 6.19. The van der Waals surface area contributed by atoms with Gasteiger partial charge in [0.15, 0.2) is 0 Å². The maximum Gasteiger partial charge on any atom is 0.337 e. The minimum atomic E-state index is -0.423. The Morgan fingerprint density at radius 2 is 2.31 bits per heavy atom. The van der Waals surface area contributed by atoms with Gasteiger partial charge in [-0.2, -0.15) is 0 Å². The second-order valence-electron chi connectivity index (χ2n) is 2.33. The van der Waals surface area contributed by atoms with Crippen LogP contribution < -0.4 is 5.32 Å². The quantitative estimate of drug-likeness (QED) is 0.584. The molecule has 0 spiro atoms. The number of methoxy groups -OCH3 is 1. The Labute approximate surface area is 81.7 Å². The standard InChI is InChI=1S/C9H8ClNO2/c1-11-8-5-6(9(12)13-2)3-4-7(8)10/h1,3-5,11H,2H3. The monoisotopic (exact) mass is 197 g/mol. The van der Waals surface area contributed by atoms with Gasteiger partial charge in [0, 0.05) is 0 Å². The zero-order valence-corrected chi connectivity index (χ0v) is 7.76. The van der Waals surface area contributed by atoms with Crippen molar-refractivity contribution < 1.29 is 9.53 Å². The summed E-state index contributed by atoms with van der Waals surface area (Å²) in [5.74, 6) is -0.423. The van der Waals surface area contributed by atoms with Crippen LogP contribution in [-0.4, -0.2) is 13.1 Å². The molecule has 0 saturated carbocycles. The van der Waals surface area contributed by atoms with Crippen molar-refractivity contribution in [2.24, 2.45) is 0 Å². The third-order valence-corrected chi connectivity index (χ3v) is 1.87. The Morgan fingerprint density at radius 3 is 2.85 bits per heavy atom. The van der Waals surface area contributed by atoms with Crippen molar-refractivity contribution in [2.45, 2.75) is 0 Å². The highest BCUT2D eigenvalue weighted by atomic mass is 35.5. The third-order valence-electron chi connectivity index (χ3n) is 1.54. The Hall–Kier alpha value is -1.22. The highest BCUT2D eigenvalue weighted by Gasteiger charge is 2.07. The molecule has 4 heteroatoms. The van der Waals surface area contributed by atoms with Crippen molar-refractivity contribution >= 4 is 23.3 Å². The first-order valence-electron chi connectivity index (χ1n) is 3.53. The van der Waals surface area contributed by atoms with Crippen LogP contribution in [0, 0.1) is 7.05 Å². The first kappa shape index (κ1) is 9.86. The minimum absolute atomic E-state index is 0.403. The lowest BCUT2D eigenvalue weighted by atomic mass is 10.2. The summed E-state index contributed by atoms with van der Waals surface area (Å²) in [4.78, 5) is 11.1. The van der Waals surface area contributed by atoms with Crippen LogP contribution in [0.1, 0.15) is 10.4 Å². The number of benzene rings is 1.